The van der Waals surface area contributed by atoms with Crippen LogP contribution in [0.2, 0.25) is 0 Å². The molecule has 0 saturated heterocycles. The van der Waals surface area contributed by atoms with Gasteiger partial charge in [0, 0.05) is 31.7 Å². The molecule has 0 unspecified atom stereocenters. The number of urea groups is 1. The average molecular weight is 449 g/mol. The number of primary amides is 1. The fourth-order valence-corrected chi connectivity index (χ4v) is 3.94. The number of rotatable bonds is 8. The molecule has 0 fully saturated rings. The molecule has 3 amide bonds. The van der Waals surface area contributed by atoms with Gasteiger partial charge in [0.1, 0.15) is 18.9 Å². The Hall–Kier alpha value is -3.85. The zero-order valence-corrected chi connectivity index (χ0v) is 18.3. The van der Waals surface area contributed by atoms with Gasteiger partial charge in [0.25, 0.3) is 5.91 Å². The topological polar surface area (TPSA) is 127 Å². The number of aliphatic hydroxyl groups is 1. The van der Waals surface area contributed by atoms with E-state index in [0.29, 0.717) is 32.6 Å². The Labute approximate surface area is 191 Å². The summed E-state index contributed by atoms with van der Waals surface area (Å²) in [7, 11) is 0. The zero-order chi connectivity index (χ0) is 23.2. The van der Waals surface area contributed by atoms with E-state index < -0.39 is 5.91 Å². The minimum Gasteiger partial charge on any atom is -0.389 e. The summed E-state index contributed by atoms with van der Waals surface area (Å²) in [6.45, 7) is 1.38. The number of aliphatic hydroxyl groups excluding tert-OH is 1. The molecule has 2 aliphatic rings. The third-order valence-corrected chi connectivity index (χ3v) is 5.79. The Balaban J connectivity index is 1.42. The van der Waals surface area contributed by atoms with Gasteiger partial charge in [-0.2, -0.15) is 4.79 Å². The molecule has 0 radical (unpaired) electrons. The third kappa shape index (κ3) is 5.50. The van der Waals surface area contributed by atoms with E-state index in [0.717, 1.165) is 21.8 Å². The molecule has 9 nitrogen and oxygen atoms in total. The van der Waals surface area contributed by atoms with Gasteiger partial charge in [-0.15, -0.1) is 0 Å². The lowest BCUT2D eigenvalue weighted by molar-refractivity contribution is -0.560. The lowest BCUT2D eigenvalue weighted by Gasteiger charge is -2.12. The van der Waals surface area contributed by atoms with E-state index in [1.54, 1.807) is 6.21 Å². The van der Waals surface area contributed by atoms with Gasteiger partial charge in [0.15, 0.2) is 18.0 Å². The summed E-state index contributed by atoms with van der Waals surface area (Å²) in [6.07, 6.45) is 8.99. The molecule has 5 N–H and O–H groups in total. The molecule has 9 heteroatoms. The predicted molar refractivity (Wildman–Crippen MR) is 125 cm³/mol. The van der Waals surface area contributed by atoms with Gasteiger partial charge in [0.05, 0.1) is 5.35 Å². The molecule has 1 aromatic heterocycles. The maximum atomic E-state index is 12.3. The molecule has 4 rings (SSSR count). The number of benzene rings is 1. The van der Waals surface area contributed by atoms with Gasteiger partial charge in [0.2, 0.25) is 6.67 Å². The van der Waals surface area contributed by atoms with Crippen LogP contribution in [0.25, 0.3) is 12.2 Å². The van der Waals surface area contributed by atoms with Gasteiger partial charge in [-0.05, 0) is 16.8 Å². The first-order valence-corrected chi connectivity index (χ1v) is 10.9. The summed E-state index contributed by atoms with van der Waals surface area (Å²) >= 11 is 0. The molecular formula is C24H28N6O3+2. The van der Waals surface area contributed by atoms with Gasteiger partial charge < -0.3 is 15.4 Å². The number of hydrogen-bond acceptors (Lipinski definition) is 4. The van der Waals surface area contributed by atoms with Crippen molar-refractivity contribution < 1.29 is 24.3 Å². The van der Waals surface area contributed by atoms with Crippen LogP contribution < -0.4 is 26.6 Å². The van der Waals surface area contributed by atoms with Crippen molar-refractivity contribution >= 4 is 41.7 Å². The number of carbonyl (C=O) groups excluding carboxylic acids is 2. The number of nitrogens with one attached hydrogen (secondary N) is 2. The van der Waals surface area contributed by atoms with Crippen molar-refractivity contribution in [2.45, 2.75) is 32.0 Å². The van der Waals surface area contributed by atoms with Gasteiger partial charge >= 0.3 is 6.03 Å². The summed E-state index contributed by atoms with van der Waals surface area (Å²) < 4.78 is 3.94. The summed E-state index contributed by atoms with van der Waals surface area (Å²) in [5, 5.41) is 14.8. The second-order valence-electron chi connectivity index (χ2n) is 8.04. The van der Waals surface area contributed by atoms with Crippen molar-refractivity contribution in [2.75, 3.05) is 13.3 Å². The van der Waals surface area contributed by atoms with E-state index in [1.165, 1.54) is 0 Å². The lowest BCUT2D eigenvalue weighted by Crippen LogP contribution is -2.80. The standard InChI is InChI=1S/C24H26N6O3/c25-23(32)21-14-30(16-27-21)20(15-31)9-11-29-10-8-18-6-7-19(12-22(18)29)28-24(33)26-13-17-4-2-1-3-5-17/h1-6,8,10,12,14,20,31H,7,9,11,13,15-16H2,(H2-,25,26,32,33)/p+2/b28-19+/t20-/m0/s1. The van der Waals surface area contributed by atoms with Crippen molar-refractivity contribution in [3.63, 3.8) is 0 Å². The minimum absolute atomic E-state index is 0.0577. The number of aryl methyl sites for hydroxylation is 1. The summed E-state index contributed by atoms with van der Waals surface area (Å²) in [5.74, 6) is -0.567. The maximum Gasteiger partial charge on any atom is 0.489 e. The van der Waals surface area contributed by atoms with Crippen LogP contribution in [0.15, 0.2) is 47.6 Å². The molecule has 1 aliphatic heterocycles. The highest BCUT2D eigenvalue weighted by Gasteiger charge is 2.26. The molecule has 2 aromatic rings. The van der Waals surface area contributed by atoms with E-state index in [-0.39, 0.29) is 24.4 Å². The SMILES string of the molecule is NC(=O)C1=NC[N+]([C@H](CO)CCn2ccc3c2=C/C(=[NH+]/C(=O)NCc2ccccc2)CC=3)=C1. The first-order chi connectivity index (χ1) is 16.0. The van der Waals surface area contributed by atoms with Crippen LogP contribution in [-0.2, 0) is 17.9 Å². The number of hydrogen-bond donors (Lipinski definition) is 4. The monoisotopic (exact) mass is 448 g/mol. The summed E-state index contributed by atoms with van der Waals surface area (Å²) in [5.41, 5.74) is 7.37. The number of aromatic nitrogens is 1. The van der Waals surface area contributed by atoms with Crippen LogP contribution >= 0.6 is 0 Å². The second-order valence-corrected chi connectivity index (χ2v) is 8.04. The number of carbonyl (C=O) groups is 2. The number of amides is 3. The van der Waals surface area contributed by atoms with Crippen LogP contribution in [0, 0.1) is 0 Å². The molecule has 33 heavy (non-hydrogen) atoms. The molecule has 1 atom stereocenters. The Morgan fingerprint density at radius 2 is 2.09 bits per heavy atom. The molecule has 2 heterocycles. The highest BCUT2D eigenvalue weighted by atomic mass is 16.3. The first-order valence-electron chi connectivity index (χ1n) is 10.9. The van der Waals surface area contributed by atoms with E-state index in [4.69, 9.17) is 5.73 Å². The number of fused-ring (bicyclic) bond motifs is 1. The highest BCUT2D eigenvalue weighted by molar-refractivity contribution is 6.59. The fourth-order valence-electron chi connectivity index (χ4n) is 3.94. The van der Waals surface area contributed by atoms with Crippen molar-refractivity contribution in [2.24, 2.45) is 10.7 Å². The van der Waals surface area contributed by atoms with Crippen LogP contribution in [0.1, 0.15) is 18.4 Å². The van der Waals surface area contributed by atoms with Crippen molar-refractivity contribution in [3.05, 3.63) is 58.7 Å². The average Bonchev–Trinajstić information content (AvgIpc) is 3.47. The smallest absolute Gasteiger partial charge is 0.389 e. The third-order valence-electron chi connectivity index (χ3n) is 5.79. The van der Waals surface area contributed by atoms with Gasteiger partial charge in [-0.3, -0.25) is 4.79 Å². The summed E-state index contributed by atoms with van der Waals surface area (Å²) in [4.78, 5) is 30.7. The molecule has 1 aromatic carbocycles. The number of aliphatic imine (C=N–C) groups is 1. The van der Waals surface area contributed by atoms with E-state index in [9.17, 15) is 14.7 Å². The van der Waals surface area contributed by atoms with Gasteiger partial charge in [-0.1, -0.05) is 36.4 Å². The number of nitrogens with zero attached hydrogens (tertiary/aromatic N) is 3. The van der Waals surface area contributed by atoms with Crippen LogP contribution in [-0.4, -0.2) is 63.1 Å². The van der Waals surface area contributed by atoms with Crippen LogP contribution in [0.3, 0.4) is 0 Å². The lowest BCUT2D eigenvalue weighted by atomic mass is 10.1. The Morgan fingerprint density at radius 3 is 2.82 bits per heavy atom. The van der Waals surface area contributed by atoms with Crippen LogP contribution in [0.4, 0.5) is 4.79 Å². The first kappa shape index (κ1) is 22.3. The Bertz CT molecular complexity index is 1260. The molecule has 170 valence electrons. The molecule has 0 bridgehead atoms. The molecular weight excluding hydrogens is 420 g/mol. The molecule has 0 saturated carbocycles. The predicted octanol–water partition coefficient (Wildman–Crippen LogP) is -2.38. The summed E-state index contributed by atoms with van der Waals surface area (Å²) in [6, 6.07) is 11.4. The maximum absolute atomic E-state index is 12.3. The normalized spacial score (nSPS) is 16.8. The van der Waals surface area contributed by atoms with Gasteiger partial charge in [-0.25, -0.2) is 19.9 Å². The molecule has 0 spiro atoms. The van der Waals surface area contributed by atoms with Crippen molar-refractivity contribution in [1.29, 1.82) is 0 Å². The fraction of sp³-hybridized carbons (Fsp3) is 0.292. The zero-order valence-electron chi connectivity index (χ0n) is 18.3. The van der Waals surface area contributed by atoms with Crippen molar-refractivity contribution in [1.82, 2.24) is 9.88 Å². The largest absolute Gasteiger partial charge is 0.489 e. The second kappa shape index (κ2) is 10.2. The quantitative estimate of drug-likeness (QED) is 0.337. The number of nitrogens with two attached hydrogens (primary N) is 1. The van der Waals surface area contributed by atoms with E-state index in [1.807, 2.05) is 53.2 Å². The highest BCUT2D eigenvalue weighted by Crippen LogP contribution is 2.04. The molecule has 1 aliphatic carbocycles. The van der Waals surface area contributed by atoms with Crippen molar-refractivity contribution in [3.8, 4) is 0 Å². The Kier molecular flexibility index (Phi) is 6.89. The van der Waals surface area contributed by atoms with Crippen LogP contribution in [0.5, 0.6) is 0 Å². The minimum atomic E-state index is -0.567. The van der Waals surface area contributed by atoms with E-state index in [2.05, 4.69) is 25.9 Å². The van der Waals surface area contributed by atoms with E-state index >= 15 is 0 Å². The Morgan fingerprint density at radius 1 is 1.27 bits per heavy atom.